The highest BCUT2D eigenvalue weighted by Gasteiger charge is 2.44. The molecule has 5 rings (SSSR count). The quantitative estimate of drug-likeness (QED) is 0.204. The first-order valence-electron chi connectivity index (χ1n) is 12.0. The topological polar surface area (TPSA) is 9.23 Å². The van der Waals surface area contributed by atoms with Crippen LogP contribution in [0.15, 0.2) is 146 Å². The van der Waals surface area contributed by atoms with Crippen molar-refractivity contribution in [2.75, 3.05) is 6.16 Å². The molecule has 1 nitrogen and oxygen atoms in total. The van der Waals surface area contributed by atoms with E-state index in [0.717, 1.165) is 17.5 Å². The van der Waals surface area contributed by atoms with E-state index in [-0.39, 0.29) is 5.82 Å². The zero-order chi connectivity index (χ0) is 24.6. The van der Waals surface area contributed by atoms with Gasteiger partial charge in [-0.05, 0) is 84.4 Å². The van der Waals surface area contributed by atoms with Gasteiger partial charge in [-0.15, -0.1) is 0 Å². The largest absolute Gasteiger partial charge is 0.457 e. The lowest BCUT2D eigenvalue weighted by Gasteiger charge is -2.26. The summed E-state index contributed by atoms with van der Waals surface area (Å²) in [4.78, 5) is 0. The second-order valence-electron chi connectivity index (χ2n) is 8.53. The van der Waals surface area contributed by atoms with Gasteiger partial charge in [-0.2, -0.15) is 0 Å². The molecule has 0 aromatic heterocycles. The lowest BCUT2D eigenvalue weighted by Crippen LogP contribution is -2.32. The van der Waals surface area contributed by atoms with Crippen LogP contribution in [0.3, 0.4) is 0 Å². The monoisotopic (exact) mass is 489 g/mol. The fraction of sp³-hybridized carbons (Fsp3) is 0.0303. The summed E-state index contributed by atoms with van der Waals surface area (Å²) < 4.78 is 19.2. The van der Waals surface area contributed by atoms with Gasteiger partial charge < -0.3 is 4.74 Å². The van der Waals surface area contributed by atoms with Crippen molar-refractivity contribution in [3.05, 3.63) is 157 Å². The fourth-order valence-corrected chi connectivity index (χ4v) is 8.47. The van der Waals surface area contributed by atoms with Crippen molar-refractivity contribution in [3.8, 4) is 11.5 Å². The number of rotatable bonds is 8. The van der Waals surface area contributed by atoms with Crippen LogP contribution in [0.5, 0.6) is 11.5 Å². The van der Waals surface area contributed by atoms with Crippen LogP contribution in [-0.2, 0) is 0 Å². The zero-order valence-electron chi connectivity index (χ0n) is 19.9. The lowest BCUT2D eigenvalue weighted by atomic mass is 10.2. The highest BCUT2D eigenvalue weighted by Crippen LogP contribution is 2.55. The fourth-order valence-electron chi connectivity index (χ4n) is 4.48. The van der Waals surface area contributed by atoms with Crippen molar-refractivity contribution in [2.45, 2.75) is 0 Å². The first kappa shape index (κ1) is 23.7. The second-order valence-corrected chi connectivity index (χ2v) is 12.1. The van der Waals surface area contributed by atoms with Gasteiger partial charge in [-0.25, -0.2) is 4.39 Å². The molecule has 0 amide bonds. The van der Waals surface area contributed by atoms with E-state index in [2.05, 4.69) is 109 Å². The van der Waals surface area contributed by atoms with Crippen molar-refractivity contribution in [1.29, 1.82) is 0 Å². The van der Waals surface area contributed by atoms with Crippen LogP contribution in [0.1, 0.15) is 5.56 Å². The summed E-state index contributed by atoms with van der Waals surface area (Å²) in [6.45, 7) is 0. The van der Waals surface area contributed by atoms with Gasteiger partial charge in [0.15, 0.2) is 0 Å². The third-order valence-corrected chi connectivity index (χ3v) is 10.5. The molecule has 0 radical (unpaired) electrons. The first-order chi connectivity index (χ1) is 17.7. The predicted octanol–water partition coefficient (Wildman–Crippen LogP) is 7.63. The van der Waals surface area contributed by atoms with E-state index in [1.165, 1.54) is 28.0 Å². The average Bonchev–Trinajstić information content (AvgIpc) is 2.94. The van der Waals surface area contributed by atoms with Crippen LogP contribution in [0, 0.1) is 5.82 Å². The summed E-state index contributed by atoms with van der Waals surface area (Å²) in [5, 5.41) is 4.08. The van der Waals surface area contributed by atoms with Gasteiger partial charge in [0.1, 0.15) is 40.5 Å². The van der Waals surface area contributed by atoms with E-state index < -0.39 is 7.26 Å². The maximum Gasteiger partial charge on any atom is 0.128 e. The molecule has 0 spiro atoms. The molecule has 5 aromatic rings. The van der Waals surface area contributed by atoms with Gasteiger partial charge in [0, 0.05) is 0 Å². The van der Waals surface area contributed by atoms with E-state index >= 15 is 0 Å². The standard InChI is InChI=1S/C33H27FOP/c34-28-21-23-29(24-22-28)35-30-14-10-12-27(26-30)13-11-25-36(31-15-4-1-5-16-31,32-17-6-2-7-18-32)33-19-8-3-9-20-33/h1-24,26H,25H2/q+1. The molecule has 0 unspecified atom stereocenters. The number of allylic oxidation sites excluding steroid dienone is 1. The molecule has 0 aliphatic carbocycles. The summed E-state index contributed by atoms with van der Waals surface area (Å²) in [6.07, 6.45) is 5.35. The summed E-state index contributed by atoms with van der Waals surface area (Å²) in [5.74, 6) is 1.06. The van der Waals surface area contributed by atoms with Crippen LogP contribution in [0.2, 0.25) is 0 Å². The molecule has 0 saturated heterocycles. The molecule has 0 bridgehead atoms. The minimum absolute atomic E-state index is 0.277. The molecule has 5 aromatic carbocycles. The minimum Gasteiger partial charge on any atom is -0.457 e. The third kappa shape index (κ3) is 5.30. The van der Waals surface area contributed by atoms with Crippen LogP contribution in [-0.4, -0.2) is 6.16 Å². The zero-order valence-corrected chi connectivity index (χ0v) is 20.8. The molecule has 0 heterocycles. The molecule has 0 N–H and O–H groups in total. The molecule has 0 fully saturated rings. The number of ether oxygens (including phenoxy) is 1. The molecule has 0 atom stereocenters. The molecule has 36 heavy (non-hydrogen) atoms. The summed E-state index contributed by atoms with van der Waals surface area (Å²) >= 11 is 0. The number of halogens is 1. The maximum absolute atomic E-state index is 13.2. The Bertz CT molecular complexity index is 1320. The molecular weight excluding hydrogens is 462 g/mol. The van der Waals surface area contributed by atoms with Crippen LogP contribution in [0.4, 0.5) is 4.39 Å². The number of benzene rings is 5. The highest BCUT2D eigenvalue weighted by atomic mass is 31.2. The summed E-state index contributed by atoms with van der Waals surface area (Å²) in [6, 6.07) is 46.7. The molecular formula is C33H27FOP+. The van der Waals surface area contributed by atoms with Gasteiger partial charge in [0.2, 0.25) is 0 Å². The number of hydrogen-bond donors (Lipinski definition) is 0. The van der Waals surface area contributed by atoms with Gasteiger partial charge in [-0.1, -0.05) is 72.8 Å². The maximum atomic E-state index is 13.2. The highest BCUT2D eigenvalue weighted by molar-refractivity contribution is 7.95. The normalized spacial score (nSPS) is 11.5. The molecule has 3 heteroatoms. The predicted molar refractivity (Wildman–Crippen MR) is 152 cm³/mol. The second kappa shape index (κ2) is 11.2. The van der Waals surface area contributed by atoms with Crippen molar-refractivity contribution in [2.24, 2.45) is 0 Å². The molecule has 0 saturated carbocycles. The van der Waals surface area contributed by atoms with Crippen molar-refractivity contribution < 1.29 is 9.13 Å². The average molecular weight is 490 g/mol. The molecule has 176 valence electrons. The number of hydrogen-bond acceptors (Lipinski definition) is 1. The smallest absolute Gasteiger partial charge is 0.128 e. The summed E-state index contributed by atoms with van der Waals surface area (Å²) in [7, 11) is -1.92. The Morgan fingerprint density at radius 3 is 1.61 bits per heavy atom. The van der Waals surface area contributed by atoms with Gasteiger partial charge in [0.25, 0.3) is 0 Å². The van der Waals surface area contributed by atoms with Crippen LogP contribution in [0.25, 0.3) is 6.08 Å². The Labute approximate surface area is 212 Å². The van der Waals surface area contributed by atoms with E-state index in [1.54, 1.807) is 12.1 Å². The SMILES string of the molecule is Fc1ccc(Oc2cccc(C=CC[P+](c3ccccc3)(c3ccccc3)c3ccccc3)c2)cc1. The Morgan fingerprint density at radius 1 is 0.556 bits per heavy atom. The Hall–Kier alpha value is -4.00. The molecule has 0 aliphatic heterocycles. The Morgan fingerprint density at radius 2 is 1.08 bits per heavy atom. The van der Waals surface area contributed by atoms with E-state index in [4.69, 9.17) is 4.74 Å². The van der Waals surface area contributed by atoms with E-state index in [0.29, 0.717) is 5.75 Å². The van der Waals surface area contributed by atoms with Crippen molar-refractivity contribution in [3.63, 3.8) is 0 Å². The van der Waals surface area contributed by atoms with Gasteiger partial charge >= 0.3 is 0 Å². The van der Waals surface area contributed by atoms with Crippen LogP contribution < -0.4 is 20.7 Å². The van der Waals surface area contributed by atoms with E-state index in [9.17, 15) is 4.39 Å². The van der Waals surface area contributed by atoms with Crippen LogP contribution >= 0.6 is 7.26 Å². The Balaban J connectivity index is 1.49. The first-order valence-corrected chi connectivity index (χ1v) is 14.0. The van der Waals surface area contributed by atoms with Crippen molar-refractivity contribution in [1.82, 2.24) is 0 Å². The Kier molecular flexibility index (Phi) is 7.36. The summed E-state index contributed by atoms with van der Waals surface area (Å²) in [5.41, 5.74) is 1.06. The third-order valence-electron chi connectivity index (χ3n) is 6.19. The van der Waals surface area contributed by atoms with Gasteiger partial charge in [-0.3, -0.25) is 0 Å². The lowest BCUT2D eigenvalue weighted by molar-refractivity contribution is 0.480. The van der Waals surface area contributed by atoms with Gasteiger partial charge in [0.05, 0.1) is 6.16 Å². The molecule has 0 aliphatic rings. The minimum atomic E-state index is -1.92. The van der Waals surface area contributed by atoms with E-state index in [1.807, 2.05) is 18.2 Å². The van der Waals surface area contributed by atoms with Crippen molar-refractivity contribution >= 4 is 29.3 Å².